The van der Waals surface area contributed by atoms with E-state index in [-0.39, 0.29) is 29.3 Å². The molecule has 35 heavy (non-hydrogen) atoms. The highest BCUT2D eigenvalue weighted by molar-refractivity contribution is 7.89. The van der Waals surface area contributed by atoms with Gasteiger partial charge in [0.2, 0.25) is 10.0 Å². The van der Waals surface area contributed by atoms with Crippen molar-refractivity contribution in [3.63, 3.8) is 0 Å². The lowest BCUT2D eigenvalue weighted by Crippen LogP contribution is -2.34. The molecular weight excluding hydrogens is 464 g/mol. The number of pyridine rings is 1. The number of ether oxygens (including phenoxy) is 1. The van der Waals surface area contributed by atoms with E-state index in [2.05, 4.69) is 4.98 Å². The summed E-state index contributed by atoms with van der Waals surface area (Å²) >= 11 is 0. The van der Waals surface area contributed by atoms with Crippen LogP contribution in [0, 0.1) is 0 Å². The molecule has 1 aromatic heterocycles. The average Bonchev–Trinajstić information content (AvgIpc) is 2.87. The minimum atomic E-state index is -3.94. The molecule has 0 spiro atoms. The number of aromatic nitrogens is 1. The van der Waals surface area contributed by atoms with Gasteiger partial charge in [-0.1, -0.05) is 42.5 Å². The first kappa shape index (κ1) is 24.4. The molecule has 0 amide bonds. The molecule has 0 radical (unpaired) electrons. The molecule has 0 saturated carbocycles. The molecule has 0 aliphatic rings. The van der Waals surface area contributed by atoms with Crippen LogP contribution in [0.4, 0.5) is 0 Å². The Morgan fingerprint density at radius 2 is 1.69 bits per heavy atom. The van der Waals surface area contributed by atoms with Crippen LogP contribution in [-0.4, -0.2) is 37.1 Å². The lowest BCUT2D eigenvalue weighted by molar-refractivity contribution is 0.101. The molecule has 0 atom stereocenters. The van der Waals surface area contributed by atoms with Crippen molar-refractivity contribution in [2.75, 3.05) is 13.7 Å². The molecule has 0 aliphatic heterocycles. The third-order valence-corrected chi connectivity index (χ3v) is 7.73. The van der Waals surface area contributed by atoms with Crippen molar-refractivity contribution in [3.8, 4) is 5.75 Å². The quantitative estimate of drug-likeness (QED) is 0.355. The van der Waals surface area contributed by atoms with Crippen LogP contribution in [0.1, 0.15) is 28.4 Å². The van der Waals surface area contributed by atoms with Crippen molar-refractivity contribution >= 4 is 26.7 Å². The second-order valence-electron chi connectivity index (χ2n) is 8.23. The van der Waals surface area contributed by atoms with E-state index in [1.165, 1.54) is 35.5 Å². The number of rotatable bonds is 9. The van der Waals surface area contributed by atoms with E-state index in [1.807, 2.05) is 36.4 Å². The summed E-state index contributed by atoms with van der Waals surface area (Å²) in [5, 5.41) is 0.770. The molecule has 0 saturated heterocycles. The second kappa shape index (κ2) is 10.2. The largest absolute Gasteiger partial charge is 0.497 e. The summed E-state index contributed by atoms with van der Waals surface area (Å²) in [5.74, 6) is 0.469. The van der Waals surface area contributed by atoms with Crippen molar-refractivity contribution in [2.24, 2.45) is 0 Å². The number of nitrogens with one attached hydrogen (secondary N) is 1. The van der Waals surface area contributed by atoms with Crippen LogP contribution in [0.15, 0.2) is 88.6 Å². The number of methoxy groups -OCH3 is 1. The number of H-pyrrole nitrogens is 1. The van der Waals surface area contributed by atoms with Crippen molar-refractivity contribution in [1.29, 1.82) is 0 Å². The summed E-state index contributed by atoms with van der Waals surface area (Å²) in [4.78, 5) is 27.4. The van der Waals surface area contributed by atoms with E-state index in [1.54, 1.807) is 25.3 Å². The standard InChI is InChI=1S/C27H26N2O5S/c1-19(30)21-9-12-25(13-10-21)35(32,33)29(15-14-20-6-4-3-5-7-20)18-23-16-22-8-11-24(34-2)17-26(22)28-27(23)31/h3-13,16-17H,14-15,18H2,1-2H3,(H,28,31). The highest BCUT2D eigenvalue weighted by Gasteiger charge is 2.26. The van der Waals surface area contributed by atoms with E-state index in [4.69, 9.17) is 4.74 Å². The predicted molar refractivity (Wildman–Crippen MR) is 135 cm³/mol. The van der Waals surface area contributed by atoms with Crippen molar-refractivity contribution < 1.29 is 17.9 Å². The van der Waals surface area contributed by atoms with Gasteiger partial charge in [-0.25, -0.2) is 8.42 Å². The van der Waals surface area contributed by atoms with E-state index in [0.717, 1.165) is 10.9 Å². The van der Waals surface area contributed by atoms with Crippen LogP contribution in [0.5, 0.6) is 5.75 Å². The molecule has 0 bridgehead atoms. The number of sulfonamides is 1. The minimum Gasteiger partial charge on any atom is -0.497 e. The number of Topliss-reactive ketones (excluding diaryl/α,β-unsaturated/α-hetero) is 1. The fourth-order valence-corrected chi connectivity index (χ4v) is 5.27. The molecule has 0 unspecified atom stereocenters. The summed E-state index contributed by atoms with van der Waals surface area (Å²) < 4.78 is 33.7. The highest BCUT2D eigenvalue weighted by Crippen LogP contribution is 2.22. The smallest absolute Gasteiger partial charge is 0.252 e. The molecule has 180 valence electrons. The van der Waals surface area contributed by atoms with Crippen molar-refractivity contribution in [3.05, 3.63) is 106 Å². The number of hydrogen-bond donors (Lipinski definition) is 1. The lowest BCUT2D eigenvalue weighted by atomic mass is 10.1. The summed E-state index contributed by atoms with van der Waals surface area (Å²) in [6.07, 6.45) is 0.480. The fraction of sp³-hybridized carbons (Fsp3) is 0.185. The first-order chi connectivity index (χ1) is 16.8. The molecule has 1 N–H and O–H groups in total. The van der Waals surface area contributed by atoms with Crippen LogP contribution in [0.3, 0.4) is 0 Å². The number of hydrogen-bond acceptors (Lipinski definition) is 5. The first-order valence-corrected chi connectivity index (χ1v) is 12.6. The lowest BCUT2D eigenvalue weighted by Gasteiger charge is -2.22. The van der Waals surface area contributed by atoms with Crippen molar-refractivity contribution in [2.45, 2.75) is 24.8 Å². The molecule has 0 aliphatic carbocycles. The third-order valence-electron chi connectivity index (χ3n) is 5.87. The number of ketones is 1. The zero-order valence-corrected chi connectivity index (χ0v) is 20.3. The van der Waals surface area contributed by atoms with Gasteiger partial charge >= 0.3 is 0 Å². The number of nitrogens with zero attached hydrogens (tertiary/aromatic N) is 1. The molecule has 1 heterocycles. The maximum absolute atomic E-state index is 13.6. The normalized spacial score (nSPS) is 11.6. The third kappa shape index (κ3) is 5.50. The number of aromatic amines is 1. The minimum absolute atomic E-state index is 0.0671. The Hall–Kier alpha value is -3.75. The van der Waals surface area contributed by atoms with Gasteiger partial charge in [-0.3, -0.25) is 9.59 Å². The molecular formula is C27H26N2O5S. The van der Waals surface area contributed by atoms with Crippen LogP contribution in [0.2, 0.25) is 0 Å². The predicted octanol–water partition coefficient (Wildman–Crippen LogP) is 4.17. The van der Waals surface area contributed by atoms with E-state index < -0.39 is 10.0 Å². The Morgan fingerprint density at radius 3 is 2.34 bits per heavy atom. The second-order valence-corrected chi connectivity index (χ2v) is 10.2. The zero-order valence-electron chi connectivity index (χ0n) is 19.5. The molecule has 0 fully saturated rings. The van der Waals surface area contributed by atoms with Gasteiger partial charge < -0.3 is 9.72 Å². The number of fused-ring (bicyclic) bond motifs is 1. The molecule has 4 rings (SSSR count). The zero-order chi connectivity index (χ0) is 25.0. The van der Waals surface area contributed by atoms with Gasteiger partial charge in [-0.05, 0) is 54.6 Å². The number of benzene rings is 3. The maximum Gasteiger partial charge on any atom is 0.252 e. The Kier molecular flexibility index (Phi) is 7.14. The van der Waals surface area contributed by atoms with E-state index in [0.29, 0.717) is 28.8 Å². The van der Waals surface area contributed by atoms with Gasteiger partial charge in [-0.15, -0.1) is 0 Å². The number of carbonyl (C=O) groups is 1. The Bertz CT molecular complexity index is 1510. The molecule has 7 nitrogen and oxygen atoms in total. The summed E-state index contributed by atoms with van der Waals surface area (Å²) in [5.41, 5.74) is 1.99. The van der Waals surface area contributed by atoms with Gasteiger partial charge in [0.15, 0.2) is 5.78 Å². The monoisotopic (exact) mass is 490 g/mol. The molecule has 3 aromatic carbocycles. The van der Waals surface area contributed by atoms with Crippen LogP contribution < -0.4 is 10.3 Å². The van der Waals surface area contributed by atoms with Gasteiger partial charge in [0.1, 0.15) is 5.75 Å². The van der Waals surface area contributed by atoms with Crippen molar-refractivity contribution in [1.82, 2.24) is 9.29 Å². The Labute approximate surface area is 204 Å². The maximum atomic E-state index is 13.6. The van der Waals surface area contributed by atoms with E-state index >= 15 is 0 Å². The van der Waals surface area contributed by atoms with E-state index in [9.17, 15) is 18.0 Å². The Balaban J connectivity index is 1.70. The first-order valence-electron chi connectivity index (χ1n) is 11.1. The molecule has 8 heteroatoms. The Morgan fingerprint density at radius 1 is 0.971 bits per heavy atom. The topological polar surface area (TPSA) is 96.5 Å². The van der Waals surface area contributed by atoms with Gasteiger partial charge in [-0.2, -0.15) is 4.31 Å². The van der Waals surface area contributed by atoms with Gasteiger partial charge in [0.25, 0.3) is 5.56 Å². The average molecular weight is 491 g/mol. The summed E-state index contributed by atoms with van der Waals surface area (Å²) in [6, 6.07) is 22.5. The van der Waals surface area contributed by atoms with Crippen LogP contribution in [-0.2, 0) is 23.0 Å². The number of carbonyl (C=O) groups excluding carboxylic acids is 1. The summed E-state index contributed by atoms with van der Waals surface area (Å²) in [6.45, 7) is 1.51. The van der Waals surface area contributed by atoms with Crippen LogP contribution >= 0.6 is 0 Å². The summed E-state index contributed by atoms with van der Waals surface area (Å²) in [7, 11) is -2.40. The fourth-order valence-electron chi connectivity index (χ4n) is 3.85. The SMILES string of the molecule is COc1ccc2cc(CN(CCc3ccccc3)S(=O)(=O)c3ccc(C(C)=O)cc3)c(=O)[nH]c2c1. The van der Waals surface area contributed by atoms with Gasteiger partial charge in [0, 0.05) is 30.3 Å². The van der Waals surface area contributed by atoms with Crippen LogP contribution in [0.25, 0.3) is 10.9 Å². The highest BCUT2D eigenvalue weighted by atomic mass is 32.2. The van der Waals surface area contributed by atoms with Gasteiger partial charge in [0.05, 0.1) is 17.5 Å². The molecule has 4 aromatic rings.